The number of carbonyl (C=O) groups excluding carboxylic acids is 7. The second-order valence-corrected chi connectivity index (χ2v) is 16.3. The largest absolute Gasteiger partial charge is 0.377 e. The van der Waals surface area contributed by atoms with E-state index in [4.69, 9.17) is 9.47 Å². The van der Waals surface area contributed by atoms with E-state index in [9.17, 15) is 33.6 Å². The van der Waals surface area contributed by atoms with Crippen LogP contribution in [-0.4, -0.2) is 147 Å². The molecule has 4 aliphatic rings. The van der Waals surface area contributed by atoms with E-state index in [1.807, 2.05) is 24.0 Å². The summed E-state index contributed by atoms with van der Waals surface area (Å²) in [4.78, 5) is 108. The number of amides is 7. The Hall–Kier alpha value is -6.87. The molecule has 21 nitrogen and oxygen atoms in total. The maximum Gasteiger partial charge on any atom is 0.270 e. The number of aromatic nitrogens is 5. The van der Waals surface area contributed by atoms with E-state index in [1.54, 1.807) is 18.5 Å². The monoisotopic (exact) mass is 878 g/mol. The number of benzene rings is 1. The number of nitrogens with zero attached hydrogens (tertiary/aromatic N) is 7. The van der Waals surface area contributed by atoms with E-state index in [-0.39, 0.29) is 93.3 Å². The Labute approximate surface area is 367 Å². The Morgan fingerprint density at radius 2 is 1.69 bits per heavy atom. The fourth-order valence-electron chi connectivity index (χ4n) is 8.30. The van der Waals surface area contributed by atoms with Crippen molar-refractivity contribution in [2.75, 3.05) is 69.8 Å². The van der Waals surface area contributed by atoms with Crippen LogP contribution in [0.25, 0.3) is 11.2 Å². The van der Waals surface area contributed by atoms with Gasteiger partial charge in [0.15, 0.2) is 11.5 Å². The van der Waals surface area contributed by atoms with Gasteiger partial charge in [0.05, 0.1) is 43.8 Å². The van der Waals surface area contributed by atoms with Gasteiger partial charge in [-0.05, 0) is 75.3 Å². The minimum atomic E-state index is -1.06. The smallest absolute Gasteiger partial charge is 0.270 e. The van der Waals surface area contributed by atoms with Crippen LogP contribution >= 0.6 is 0 Å². The summed E-state index contributed by atoms with van der Waals surface area (Å²) < 4.78 is 13.1. The zero-order chi connectivity index (χ0) is 44.7. The van der Waals surface area contributed by atoms with Gasteiger partial charge < -0.3 is 40.2 Å². The number of fused-ring (bicyclic) bond motifs is 2. The highest BCUT2D eigenvalue weighted by atomic mass is 16.5. The molecule has 0 radical (unpaired) electrons. The molecule has 4 aromatic rings. The molecular weight excluding hydrogens is 829 g/mol. The molecule has 1 saturated carbocycles. The summed E-state index contributed by atoms with van der Waals surface area (Å²) in [5, 5.41) is 14.3. The zero-order valence-corrected chi connectivity index (χ0v) is 35.3. The minimum Gasteiger partial charge on any atom is -0.377 e. The molecule has 6 heterocycles. The number of anilines is 2. The molecule has 1 atom stereocenters. The number of imide groups is 2. The van der Waals surface area contributed by atoms with Crippen LogP contribution in [-0.2, 0) is 28.7 Å². The summed E-state index contributed by atoms with van der Waals surface area (Å²) in [7, 11) is 0. The summed E-state index contributed by atoms with van der Waals surface area (Å²) in [6.07, 6.45) is 6.61. The summed E-state index contributed by atoms with van der Waals surface area (Å²) >= 11 is 0. The number of ether oxygens (including phenoxy) is 2. The second-order valence-electron chi connectivity index (χ2n) is 16.3. The normalized spacial score (nSPS) is 19.9. The topological polar surface area (TPSA) is 261 Å². The van der Waals surface area contributed by atoms with Crippen LogP contribution < -0.4 is 26.6 Å². The lowest BCUT2D eigenvalue weighted by Crippen LogP contribution is -2.54. The molecule has 8 rings (SSSR count). The maximum atomic E-state index is 13.0. The molecule has 21 heteroatoms. The molecule has 336 valence electrons. The molecule has 3 fully saturated rings. The summed E-state index contributed by atoms with van der Waals surface area (Å²) in [6.45, 7) is 4.57. The van der Waals surface area contributed by atoms with Crippen molar-refractivity contribution in [2.24, 2.45) is 5.92 Å². The molecule has 64 heavy (non-hydrogen) atoms. The van der Waals surface area contributed by atoms with Crippen LogP contribution in [0.3, 0.4) is 0 Å². The molecule has 0 spiro atoms. The van der Waals surface area contributed by atoms with Gasteiger partial charge in [-0.3, -0.25) is 43.8 Å². The Morgan fingerprint density at radius 3 is 2.48 bits per heavy atom. The highest BCUT2D eigenvalue weighted by Crippen LogP contribution is 2.35. The number of nitrogens with one attached hydrogen (secondary N) is 5. The van der Waals surface area contributed by atoms with Gasteiger partial charge in [-0.25, -0.2) is 19.9 Å². The number of rotatable bonds is 18. The van der Waals surface area contributed by atoms with Crippen LogP contribution in [0.1, 0.15) is 81.5 Å². The van der Waals surface area contributed by atoms with Gasteiger partial charge in [-0.1, -0.05) is 6.07 Å². The standard InChI is InChI=1S/C43H50N12O9/c1-25-3-2-4-32(50-25)40(59)51-28-17-29(18-28)54-24-49-37-38(47-23-48-39(37)54)46-20-26-9-12-53(13-10-26)36(58)22-64-16-15-63-14-11-44-35(57)21-45-27-5-6-30-31(19-27)43(62)55(42(30)61)33-7-8-34(56)52-41(33)60/h2-6,19,23-24,26,28-29,33,45H,7-18,20-22H2,1H3,(H,44,57)(H,51,59)(H,46,47,48)(H,52,56,60). The van der Waals surface area contributed by atoms with Crippen LogP contribution in [0.4, 0.5) is 11.5 Å². The summed E-state index contributed by atoms with van der Waals surface area (Å²) in [5.74, 6) is -1.93. The molecule has 7 amide bonds. The number of aryl methyl sites for hydroxylation is 1. The third-order valence-electron chi connectivity index (χ3n) is 11.9. The van der Waals surface area contributed by atoms with E-state index in [1.165, 1.54) is 18.5 Å². The van der Waals surface area contributed by atoms with Crippen LogP contribution in [0.5, 0.6) is 0 Å². The van der Waals surface area contributed by atoms with Gasteiger partial charge >= 0.3 is 0 Å². The van der Waals surface area contributed by atoms with Gasteiger partial charge in [0.2, 0.25) is 23.6 Å². The molecule has 3 aliphatic heterocycles. The van der Waals surface area contributed by atoms with Gasteiger partial charge in [0, 0.05) is 56.1 Å². The summed E-state index contributed by atoms with van der Waals surface area (Å²) in [5.41, 5.74) is 3.36. The third-order valence-corrected chi connectivity index (χ3v) is 11.9. The van der Waals surface area contributed by atoms with E-state index < -0.39 is 29.7 Å². The Kier molecular flexibility index (Phi) is 13.5. The van der Waals surface area contributed by atoms with E-state index in [2.05, 4.69) is 51.1 Å². The molecule has 5 N–H and O–H groups in total. The molecule has 1 aliphatic carbocycles. The average Bonchev–Trinajstić information content (AvgIpc) is 3.81. The number of imidazole rings is 1. The maximum absolute atomic E-state index is 13.0. The van der Waals surface area contributed by atoms with Gasteiger partial charge in [0.25, 0.3) is 17.7 Å². The molecular formula is C43H50N12O9. The minimum absolute atomic E-state index is 0.0295. The van der Waals surface area contributed by atoms with Crippen molar-refractivity contribution in [3.05, 3.63) is 71.6 Å². The number of pyridine rings is 1. The number of carbonyl (C=O) groups is 7. The fraction of sp³-hybridized carbons (Fsp3) is 0.465. The zero-order valence-electron chi connectivity index (χ0n) is 35.3. The van der Waals surface area contributed by atoms with Crippen molar-refractivity contribution in [3.8, 4) is 0 Å². The number of likely N-dealkylation sites (tertiary alicyclic amines) is 1. The van der Waals surface area contributed by atoms with Gasteiger partial charge in [0.1, 0.15) is 30.2 Å². The highest BCUT2D eigenvalue weighted by Gasteiger charge is 2.44. The van der Waals surface area contributed by atoms with Crippen molar-refractivity contribution in [2.45, 2.75) is 63.6 Å². The van der Waals surface area contributed by atoms with Crippen molar-refractivity contribution in [3.63, 3.8) is 0 Å². The molecule has 1 unspecified atom stereocenters. The molecule has 2 saturated heterocycles. The Bertz CT molecular complexity index is 2450. The van der Waals surface area contributed by atoms with Gasteiger partial charge in [-0.15, -0.1) is 0 Å². The van der Waals surface area contributed by atoms with Crippen molar-refractivity contribution in [1.82, 2.24) is 50.3 Å². The van der Waals surface area contributed by atoms with E-state index in [0.29, 0.717) is 48.3 Å². The Morgan fingerprint density at radius 1 is 0.891 bits per heavy atom. The Balaban J connectivity index is 0.663. The van der Waals surface area contributed by atoms with Crippen molar-refractivity contribution < 1.29 is 43.0 Å². The second kappa shape index (κ2) is 19.7. The average molecular weight is 879 g/mol. The van der Waals surface area contributed by atoms with Crippen LogP contribution in [0.2, 0.25) is 0 Å². The van der Waals surface area contributed by atoms with Crippen molar-refractivity contribution >= 4 is 64.0 Å². The molecule has 1 aromatic carbocycles. The lowest BCUT2D eigenvalue weighted by Gasteiger charge is -2.36. The molecule has 0 bridgehead atoms. The number of hydrogen-bond acceptors (Lipinski definition) is 15. The number of piperidine rings is 2. The quantitative estimate of drug-likeness (QED) is 0.0689. The highest BCUT2D eigenvalue weighted by molar-refractivity contribution is 6.23. The first-order chi connectivity index (χ1) is 31.0. The predicted octanol–water partition coefficient (Wildman–Crippen LogP) is 0.976. The first-order valence-electron chi connectivity index (χ1n) is 21.5. The van der Waals surface area contributed by atoms with E-state index >= 15 is 0 Å². The lowest BCUT2D eigenvalue weighted by molar-refractivity contribution is -0.138. The van der Waals surface area contributed by atoms with Crippen LogP contribution in [0.15, 0.2) is 49.1 Å². The first kappa shape index (κ1) is 43.8. The SMILES string of the molecule is Cc1cccc(C(=O)NC2CC(n3cnc4c(NCC5CCN(C(=O)COCCOCCNC(=O)CNc6ccc7c(c6)C(=O)N(C6CCC(=O)NC6=O)C7=O)CC5)ncnc43)C2)n1. The molecule has 3 aromatic heterocycles. The third kappa shape index (κ3) is 9.99. The summed E-state index contributed by atoms with van der Waals surface area (Å²) in [6, 6.07) is 9.05. The van der Waals surface area contributed by atoms with E-state index in [0.717, 1.165) is 41.9 Å². The first-order valence-corrected chi connectivity index (χ1v) is 21.5. The predicted molar refractivity (Wildman–Crippen MR) is 228 cm³/mol. The number of hydrogen-bond donors (Lipinski definition) is 5. The lowest BCUT2D eigenvalue weighted by atomic mass is 9.86. The fourth-order valence-corrected chi connectivity index (χ4v) is 8.30. The van der Waals surface area contributed by atoms with Crippen LogP contribution in [0, 0.1) is 12.8 Å². The van der Waals surface area contributed by atoms with Gasteiger partial charge in [-0.2, -0.15) is 0 Å². The van der Waals surface area contributed by atoms with Crippen molar-refractivity contribution in [1.29, 1.82) is 0 Å².